The lowest BCUT2D eigenvalue weighted by Crippen LogP contribution is -3.13. The molecule has 0 spiro atoms. The van der Waals surface area contributed by atoms with Gasteiger partial charge >= 0.3 is 0 Å². The number of fused-ring (bicyclic) bond motifs is 1. The Kier molecular flexibility index (Phi) is 5.13. The Bertz CT molecular complexity index is 614. The van der Waals surface area contributed by atoms with Gasteiger partial charge in [0.2, 0.25) is 5.91 Å². The Labute approximate surface area is 138 Å². The van der Waals surface area contributed by atoms with Crippen molar-refractivity contribution in [2.45, 2.75) is 19.9 Å². The van der Waals surface area contributed by atoms with E-state index in [-0.39, 0.29) is 5.91 Å². The maximum absolute atomic E-state index is 12.0. The van der Waals surface area contributed by atoms with Crippen LogP contribution < -0.4 is 9.64 Å². The zero-order valence-electron chi connectivity index (χ0n) is 13.8. The van der Waals surface area contributed by atoms with E-state index in [9.17, 15) is 4.79 Å². The van der Waals surface area contributed by atoms with Crippen molar-refractivity contribution in [3.05, 3.63) is 53.6 Å². The van der Waals surface area contributed by atoms with Crippen LogP contribution in [0.3, 0.4) is 0 Å². The zero-order valence-corrected chi connectivity index (χ0v) is 13.8. The molecule has 1 N–H and O–H groups in total. The summed E-state index contributed by atoms with van der Waals surface area (Å²) in [5.74, 6) is 1.17. The summed E-state index contributed by atoms with van der Waals surface area (Å²) in [6, 6.07) is 6.56. The van der Waals surface area contributed by atoms with Crippen LogP contribution in [0.2, 0.25) is 0 Å². The van der Waals surface area contributed by atoms with Gasteiger partial charge < -0.3 is 14.5 Å². The molecule has 1 fully saturated rings. The molecule has 1 amide bonds. The lowest BCUT2D eigenvalue weighted by molar-refractivity contribution is -0.917. The lowest BCUT2D eigenvalue weighted by atomic mass is 10.1. The maximum Gasteiger partial charge on any atom is 0.246 e. The molecule has 0 saturated carbocycles. The van der Waals surface area contributed by atoms with Gasteiger partial charge in [-0.15, -0.1) is 0 Å². The van der Waals surface area contributed by atoms with Gasteiger partial charge in [-0.2, -0.15) is 0 Å². The number of hydrogen-bond donors (Lipinski definition) is 1. The molecule has 0 aliphatic carbocycles. The molecule has 1 saturated heterocycles. The monoisotopic (exact) mass is 313 g/mol. The topological polar surface area (TPSA) is 34.0 Å². The van der Waals surface area contributed by atoms with Crippen LogP contribution in [0.15, 0.2) is 42.5 Å². The van der Waals surface area contributed by atoms with E-state index < -0.39 is 0 Å². The van der Waals surface area contributed by atoms with Crippen LogP contribution in [0.5, 0.6) is 5.75 Å². The Morgan fingerprint density at radius 2 is 2.13 bits per heavy atom. The summed E-state index contributed by atoms with van der Waals surface area (Å²) in [6.07, 6.45) is 8.31. The first kappa shape index (κ1) is 15.8. The Morgan fingerprint density at radius 1 is 1.30 bits per heavy atom. The number of hydrogen-bond acceptors (Lipinski definition) is 2. The van der Waals surface area contributed by atoms with Crippen molar-refractivity contribution in [3.8, 4) is 5.75 Å². The highest BCUT2D eigenvalue weighted by Gasteiger charge is 2.23. The number of ether oxygens (including phenoxy) is 1. The molecule has 2 aliphatic heterocycles. The van der Waals surface area contributed by atoms with Gasteiger partial charge in [-0.25, -0.2) is 0 Å². The number of rotatable bonds is 4. The average Bonchev–Trinajstić information content (AvgIpc) is 3.03. The molecule has 2 heterocycles. The number of piperazine rings is 1. The van der Waals surface area contributed by atoms with E-state index in [1.807, 2.05) is 30.1 Å². The van der Waals surface area contributed by atoms with Crippen molar-refractivity contribution in [2.24, 2.45) is 0 Å². The molecule has 4 nitrogen and oxygen atoms in total. The van der Waals surface area contributed by atoms with Crippen LogP contribution in [0.25, 0.3) is 0 Å². The number of carbonyl (C=O) groups excluding carboxylic acids is 1. The van der Waals surface area contributed by atoms with Crippen molar-refractivity contribution in [3.63, 3.8) is 0 Å². The summed E-state index contributed by atoms with van der Waals surface area (Å²) < 4.78 is 5.56. The highest BCUT2D eigenvalue weighted by molar-refractivity contribution is 5.87. The number of nitrogens with zero attached hydrogens (tertiary/aromatic N) is 1. The normalized spacial score (nSPS) is 18.6. The molecule has 1 aromatic rings. The highest BCUT2D eigenvalue weighted by Crippen LogP contribution is 2.25. The quantitative estimate of drug-likeness (QED) is 0.664. The van der Waals surface area contributed by atoms with Crippen molar-refractivity contribution in [1.82, 2.24) is 4.90 Å². The molecule has 23 heavy (non-hydrogen) atoms. The van der Waals surface area contributed by atoms with Crippen molar-refractivity contribution in [1.29, 1.82) is 0 Å². The molecule has 4 heteroatoms. The summed E-state index contributed by atoms with van der Waals surface area (Å²) in [5.41, 5.74) is 2.71. The third kappa shape index (κ3) is 4.02. The van der Waals surface area contributed by atoms with Crippen molar-refractivity contribution >= 4 is 5.91 Å². The lowest BCUT2D eigenvalue weighted by Gasteiger charge is -2.31. The van der Waals surface area contributed by atoms with Crippen LogP contribution in [0, 0.1) is 0 Å². The predicted octanol–water partition coefficient (Wildman–Crippen LogP) is 0.981. The van der Waals surface area contributed by atoms with Gasteiger partial charge in [0.05, 0.1) is 32.8 Å². The molecule has 0 radical (unpaired) electrons. The van der Waals surface area contributed by atoms with E-state index in [1.54, 1.807) is 11.0 Å². The van der Waals surface area contributed by atoms with Crippen LogP contribution in [-0.4, -0.2) is 43.6 Å². The molecule has 3 rings (SSSR count). The fraction of sp³-hybridized carbons (Fsp3) is 0.421. The van der Waals surface area contributed by atoms with Crippen LogP contribution in [-0.2, 0) is 17.8 Å². The molecule has 2 aliphatic rings. The number of amides is 1. The van der Waals surface area contributed by atoms with Crippen molar-refractivity contribution in [2.75, 3.05) is 32.8 Å². The van der Waals surface area contributed by atoms with Crippen LogP contribution in [0.4, 0.5) is 0 Å². The smallest absolute Gasteiger partial charge is 0.246 e. The van der Waals surface area contributed by atoms with Gasteiger partial charge in [0.15, 0.2) is 0 Å². The second-order valence-corrected chi connectivity index (χ2v) is 6.18. The first-order valence-corrected chi connectivity index (χ1v) is 8.42. The van der Waals surface area contributed by atoms with Gasteiger partial charge in [0, 0.05) is 18.1 Å². The summed E-state index contributed by atoms with van der Waals surface area (Å²) in [4.78, 5) is 15.5. The van der Waals surface area contributed by atoms with E-state index in [0.29, 0.717) is 0 Å². The first-order chi connectivity index (χ1) is 11.3. The minimum absolute atomic E-state index is 0.122. The minimum Gasteiger partial charge on any atom is -0.493 e. The van der Waals surface area contributed by atoms with Crippen molar-refractivity contribution < 1.29 is 14.4 Å². The van der Waals surface area contributed by atoms with Gasteiger partial charge in [-0.05, 0) is 30.7 Å². The third-order valence-corrected chi connectivity index (χ3v) is 4.53. The van der Waals surface area contributed by atoms with E-state index in [0.717, 1.165) is 51.5 Å². The molecule has 1 aromatic carbocycles. The summed E-state index contributed by atoms with van der Waals surface area (Å²) >= 11 is 0. The minimum atomic E-state index is 0.122. The number of allylic oxidation sites excluding steroid dienone is 3. The largest absolute Gasteiger partial charge is 0.493 e. The van der Waals surface area contributed by atoms with Crippen LogP contribution >= 0.6 is 0 Å². The molecular weight excluding hydrogens is 288 g/mol. The zero-order chi connectivity index (χ0) is 16.1. The van der Waals surface area contributed by atoms with E-state index in [4.69, 9.17) is 4.74 Å². The third-order valence-electron chi connectivity index (χ3n) is 4.53. The van der Waals surface area contributed by atoms with Gasteiger partial charge in [0.1, 0.15) is 12.3 Å². The fourth-order valence-corrected chi connectivity index (χ4v) is 3.21. The van der Waals surface area contributed by atoms with Gasteiger partial charge in [-0.1, -0.05) is 18.2 Å². The standard InChI is InChI=1S/C19H24N2O2/c1-2-3-4-5-19(22)21-11-9-20(10-12-21)15-16-6-7-18-17(14-16)8-13-23-18/h2-7,14H,8-13,15H2,1H3/p+1/b3-2+,5-4+. The van der Waals surface area contributed by atoms with E-state index in [2.05, 4.69) is 18.2 Å². The Balaban J connectivity index is 1.50. The molecule has 0 atom stereocenters. The average molecular weight is 313 g/mol. The number of quaternary nitrogens is 1. The fourth-order valence-electron chi connectivity index (χ4n) is 3.21. The van der Waals surface area contributed by atoms with E-state index >= 15 is 0 Å². The number of benzene rings is 1. The number of carbonyl (C=O) groups is 1. The SMILES string of the molecule is C/C=C/C=C/C(=O)N1CC[NH+](Cc2ccc3c(c2)CCO3)CC1. The molecule has 0 unspecified atom stereocenters. The van der Waals surface area contributed by atoms with Crippen LogP contribution in [0.1, 0.15) is 18.1 Å². The Hall–Kier alpha value is -2.07. The van der Waals surface area contributed by atoms with E-state index in [1.165, 1.54) is 11.1 Å². The molecule has 0 aromatic heterocycles. The highest BCUT2D eigenvalue weighted by atomic mass is 16.5. The second-order valence-electron chi connectivity index (χ2n) is 6.18. The Morgan fingerprint density at radius 3 is 2.91 bits per heavy atom. The number of nitrogens with one attached hydrogen (secondary N) is 1. The van der Waals surface area contributed by atoms with Gasteiger partial charge in [0.25, 0.3) is 0 Å². The van der Waals surface area contributed by atoms with Gasteiger partial charge in [-0.3, -0.25) is 4.79 Å². The molecule has 122 valence electrons. The molecular formula is C19H25N2O2+. The predicted molar refractivity (Wildman–Crippen MR) is 90.6 cm³/mol. The first-order valence-electron chi connectivity index (χ1n) is 8.42. The summed E-state index contributed by atoms with van der Waals surface area (Å²) in [7, 11) is 0. The summed E-state index contributed by atoms with van der Waals surface area (Å²) in [6.45, 7) is 7.48. The maximum atomic E-state index is 12.0. The molecule has 0 bridgehead atoms. The second kappa shape index (κ2) is 7.47. The summed E-state index contributed by atoms with van der Waals surface area (Å²) in [5, 5.41) is 0.